The Labute approximate surface area is 168 Å². The van der Waals surface area contributed by atoms with E-state index in [0.717, 1.165) is 0 Å². The van der Waals surface area contributed by atoms with Gasteiger partial charge < -0.3 is 10.1 Å². The van der Waals surface area contributed by atoms with Crippen molar-refractivity contribution in [1.29, 1.82) is 0 Å². The molecule has 0 aromatic heterocycles. The zero-order chi connectivity index (χ0) is 21.0. The highest BCUT2D eigenvalue weighted by molar-refractivity contribution is 7.89. The van der Waals surface area contributed by atoms with Gasteiger partial charge in [0.05, 0.1) is 23.0 Å². The molecule has 9 nitrogen and oxygen atoms in total. The lowest BCUT2D eigenvalue weighted by molar-refractivity contribution is -0.385. The predicted octanol–water partition coefficient (Wildman–Crippen LogP) is 1.85. The van der Waals surface area contributed by atoms with Crippen LogP contribution in [0.4, 0.5) is 5.69 Å². The number of nitro groups is 1. The number of amides is 1. The maximum absolute atomic E-state index is 12.6. The van der Waals surface area contributed by atoms with Crippen LogP contribution in [-0.2, 0) is 21.3 Å². The van der Waals surface area contributed by atoms with Crippen LogP contribution in [0.1, 0.15) is 21.5 Å². The molecule has 1 N–H and O–H groups in total. The second-order valence-electron chi connectivity index (χ2n) is 6.57. The van der Waals surface area contributed by atoms with Gasteiger partial charge in [-0.3, -0.25) is 14.9 Å². The number of nitrogens with zero attached hydrogens (tertiary/aromatic N) is 2. The molecule has 0 saturated carbocycles. The molecular weight excluding hydrogens is 398 g/mol. The van der Waals surface area contributed by atoms with Crippen LogP contribution in [0.5, 0.6) is 0 Å². The summed E-state index contributed by atoms with van der Waals surface area (Å²) < 4.78 is 31.8. The number of carbonyl (C=O) groups is 1. The summed E-state index contributed by atoms with van der Waals surface area (Å²) in [6, 6.07) is 10.6. The van der Waals surface area contributed by atoms with E-state index in [4.69, 9.17) is 4.74 Å². The Hall–Kier alpha value is -2.82. The van der Waals surface area contributed by atoms with E-state index in [2.05, 4.69) is 5.32 Å². The quantitative estimate of drug-likeness (QED) is 0.564. The fraction of sp³-hybridized carbons (Fsp3) is 0.316. The fourth-order valence-electron chi connectivity index (χ4n) is 3.09. The normalized spacial score (nSPS) is 15.1. The van der Waals surface area contributed by atoms with E-state index < -0.39 is 20.9 Å². The molecule has 0 bridgehead atoms. The molecule has 2 aromatic carbocycles. The first-order chi connectivity index (χ1) is 13.8. The minimum atomic E-state index is -3.58. The molecule has 3 rings (SSSR count). The first-order valence-corrected chi connectivity index (χ1v) is 10.4. The molecule has 0 radical (unpaired) electrons. The molecule has 1 aliphatic rings. The molecule has 1 saturated heterocycles. The van der Waals surface area contributed by atoms with Crippen molar-refractivity contribution >= 4 is 21.6 Å². The summed E-state index contributed by atoms with van der Waals surface area (Å²) in [5.41, 5.74) is 0.942. The zero-order valence-electron chi connectivity index (χ0n) is 15.8. The number of carbonyl (C=O) groups excluding carboxylic acids is 1. The van der Waals surface area contributed by atoms with Gasteiger partial charge in [-0.15, -0.1) is 0 Å². The maximum atomic E-state index is 12.6. The van der Waals surface area contributed by atoms with Crippen LogP contribution in [0.2, 0.25) is 0 Å². The van der Waals surface area contributed by atoms with Gasteiger partial charge in [0.25, 0.3) is 11.6 Å². The van der Waals surface area contributed by atoms with E-state index in [1.165, 1.54) is 28.6 Å². The number of aryl methyl sites for hydroxylation is 1. The average Bonchev–Trinajstić information content (AvgIpc) is 2.72. The summed E-state index contributed by atoms with van der Waals surface area (Å²) in [7, 11) is -3.58. The fourth-order valence-corrected chi connectivity index (χ4v) is 4.49. The van der Waals surface area contributed by atoms with Gasteiger partial charge in [0.15, 0.2) is 0 Å². The molecule has 0 spiro atoms. The van der Waals surface area contributed by atoms with Crippen molar-refractivity contribution in [2.24, 2.45) is 0 Å². The standard InChI is InChI=1S/C19H21N3O6S/c1-14-3-2-4-17(22(24)25)18(14)19(23)20-13-15-5-7-16(8-6-15)29(26,27)21-9-11-28-12-10-21/h2-8H,9-13H2,1H3,(H,20,23). The van der Waals surface area contributed by atoms with Crippen LogP contribution >= 0.6 is 0 Å². The Balaban J connectivity index is 1.70. The Morgan fingerprint density at radius 2 is 1.83 bits per heavy atom. The van der Waals surface area contributed by atoms with E-state index in [0.29, 0.717) is 37.4 Å². The van der Waals surface area contributed by atoms with E-state index in [9.17, 15) is 23.3 Å². The van der Waals surface area contributed by atoms with Crippen LogP contribution < -0.4 is 5.32 Å². The van der Waals surface area contributed by atoms with E-state index in [1.807, 2.05) is 0 Å². The van der Waals surface area contributed by atoms with Crippen molar-refractivity contribution in [3.8, 4) is 0 Å². The number of sulfonamides is 1. The van der Waals surface area contributed by atoms with E-state index in [-0.39, 0.29) is 22.7 Å². The molecule has 0 aliphatic carbocycles. The monoisotopic (exact) mass is 419 g/mol. The van der Waals surface area contributed by atoms with Crippen LogP contribution in [0.3, 0.4) is 0 Å². The van der Waals surface area contributed by atoms with Gasteiger partial charge in [0.1, 0.15) is 5.56 Å². The number of rotatable bonds is 6. The number of benzene rings is 2. The van der Waals surface area contributed by atoms with Crippen LogP contribution in [0, 0.1) is 17.0 Å². The third-order valence-electron chi connectivity index (χ3n) is 4.66. The number of hydrogen-bond acceptors (Lipinski definition) is 6. The number of nitro benzene ring substituents is 1. The van der Waals surface area contributed by atoms with Gasteiger partial charge in [-0.1, -0.05) is 24.3 Å². The minimum Gasteiger partial charge on any atom is -0.379 e. The van der Waals surface area contributed by atoms with Crippen molar-refractivity contribution in [1.82, 2.24) is 9.62 Å². The topological polar surface area (TPSA) is 119 Å². The third kappa shape index (κ3) is 4.61. The maximum Gasteiger partial charge on any atom is 0.282 e. The first-order valence-electron chi connectivity index (χ1n) is 9.00. The first kappa shape index (κ1) is 20.9. The highest BCUT2D eigenvalue weighted by Crippen LogP contribution is 2.22. The number of morpholine rings is 1. The lowest BCUT2D eigenvalue weighted by atomic mass is 10.1. The predicted molar refractivity (Wildman–Crippen MR) is 105 cm³/mol. The molecule has 1 heterocycles. The van der Waals surface area contributed by atoms with Crippen molar-refractivity contribution in [3.05, 3.63) is 69.3 Å². The summed E-state index contributed by atoms with van der Waals surface area (Å²) in [5.74, 6) is -0.556. The molecule has 1 fully saturated rings. The Bertz CT molecular complexity index is 1010. The second-order valence-corrected chi connectivity index (χ2v) is 8.51. The molecule has 1 amide bonds. The molecule has 2 aromatic rings. The molecule has 10 heteroatoms. The highest BCUT2D eigenvalue weighted by Gasteiger charge is 2.26. The lowest BCUT2D eigenvalue weighted by Gasteiger charge is -2.26. The molecule has 1 aliphatic heterocycles. The zero-order valence-corrected chi connectivity index (χ0v) is 16.6. The summed E-state index contributed by atoms with van der Waals surface area (Å²) in [6.45, 7) is 3.11. The van der Waals surface area contributed by atoms with Gasteiger partial charge in [-0.05, 0) is 30.2 Å². The van der Waals surface area contributed by atoms with Crippen molar-refractivity contribution < 1.29 is 22.9 Å². The van der Waals surface area contributed by atoms with Crippen molar-refractivity contribution in [3.63, 3.8) is 0 Å². The van der Waals surface area contributed by atoms with E-state index in [1.54, 1.807) is 25.1 Å². The van der Waals surface area contributed by atoms with Crippen molar-refractivity contribution in [2.75, 3.05) is 26.3 Å². The summed E-state index contributed by atoms with van der Waals surface area (Å²) in [4.78, 5) is 23.2. The van der Waals surface area contributed by atoms with Gasteiger partial charge in [-0.2, -0.15) is 4.31 Å². The molecule has 154 valence electrons. The van der Waals surface area contributed by atoms with Gasteiger partial charge >= 0.3 is 0 Å². The summed E-state index contributed by atoms with van der Waals surface area (Å²) in [5, 5.41) is 13.8. The molecular formula is C19H21N3O6S. The van der Waals surface area contributed by atoms with Gasteiger partial charge in [0.2, 0.25) is 10.0 Å². The Kier molecular flexibility index (Phi) is 6.26. The average molecular weight is 419 g/mol. The number of nitrogens with one attached hydrogen (secondary N) is 1. The minimum absolute atomic E-state index is 0.0176. The highest BCUT2D eigenvalue weighted by atomic mass is 32.2. The van der Waals surface area contributed by atoms with Crippen molar-refractivity contribution in [2.45, 2.75) is 18.4 Å². The Morgan fingerprint density at radius 1 is 1.17 bits per heavy atom. The largest absolute Gasteiger partial charge is 0.379 e. The molecule has 29 heavy (non-hydrogen) atoms. The lowest BCUT2D eigenvalue weighted by Crippen LogP contribution is -2.40. The third-order valence-corrected chi connectivity index (χ3v) is 6.57. The summed E-state index contributed by atoms with van der Waals surface area (Å²) >= 11 is 0. The second kappa shape index (κ2) is 8.68. The van der Waals surface area contributed by atoms with Crippen LogP contribution in [0.15, 0.2) is 47.4 Å². The molecule has 0 unspecified atom stereocenters. The number of hydrogen-bond donors (Lipinski definition) is 1. The summed E-state index contributed by atoms with van der Waals surface area (Å²) in [6.07, 6.45) is 0. The van der Waals surface area contributed by atoms with E-state index >= 15 is 0 Å². The molecule has 0 atom stereocenters. The smallest absolute Gasteiger partial charge is 0.282 e. The van der Waals surface area contributed by atoms with Gasteiger partial charge in [0, 0.05) is 25.7 Å². The number of ether oxygens (including phenoxy) is 1. The Morgan fingerprint density at radius 3 is 2.45 bits per heavy atom. The SMILES string of the molecule is Cc1cccc([N+](=O)[O-])c1C(=O)NCc1ccc(S(=O)(=O)N2CCOCC2)cc1. The van der Waals surface area contributed by atoms with Gasteiger partial charge in [-0.25, -0.2) is 8.42 Å². The van der Waals surface area contributed by atoms with Crippen LogP contribution in [0.25, 0.3) is 0 Å². The van der Waals surface area contributed by atoms with Crippen LogP contribution in [-0.4, -0.2) is 49.9 Å².